The van der Waals surface area contributed by atoms with Crippen LogP contribution in [-0.2, 0) is 9.47 Å². The Balaban J connectivity index is 2.52. The first-order chi connectivity index (χ1) is 10.4. The van der Waals surface area contributed by atoms with E-state index in [9.17, 15) is 14.7 Å². The van der Waals surface area contributed by atoms with Crippen LogP contribution in [0.25, 0.3) is 0 Å². The quantitative estimate of drug-likeness (QED) is 0.827. The first-order valence-electron chi connectivity index (χ1n) is 7.98. The number of likely N-dealkylation sites (tertiary alicyclic amines) is 1. The van der Waals surface area contributed by atoms with E-state index in [0.29, 0.717) is 19.5 Å². The first kappa shape index (κ1) is 19.5. The predicted octanol–water partition coefficient (Wildman–Crippen LogP) is 2.13. The molecule has 1 aliphatic rings. The third-order valence-electron chi connectivity index (χ3n) is 3.27. The van der Waals surface area contributed by atoms with Crippen molar-refractivity contribution in [3.05, 3.63) is 0 Å². The van der Waals surface area contributed by atoms with Crippen molar-refractivity contribution < 1.29 is 24.2 Å². The largest absolute Gasteiger partial charge is 0.444 e. The van der Waals surface area contributed by atoms with Gasteiger partial charge in [-0.3, -0.25) is 0 Å². The molecule has 0 bridgehead atoms. The fraction of sp³-hybridized carbons (Fsp3) is 0.875. The molecule has 0 aromatic carbocycles. The summed E-state index contributed by atoms with van der Waals surface area (Å²) >= 11 is 0. The van der Waals surface area contributed by atoms with Gasteiger partial charge in [-0.25, -0.2) is 9.59 Å². The van der Waals surface area contributed by atoms with Gasteiger partial charge in [-0.15, -0.1) is 0 Å². The van der Waals surface area contributed by atoms with Gasteiger partial charge < -0.3 is 24.8 Å². The molecule has 0 aliphatic carbocycles. The van der Waals surface area contributed by atoms with E-state index >= 15 is 0 Å². The third-order valence-corrected chi connectivity index (χ3v) is 3.27. The molecule has 1 saturated heterocycles. The molecule has 0 aromatic heterocycles. The Morgan fingerprint density at radius 3 is 2.17 bits per heavy atom. The van der Waals surface area contributed by atoms with Gasteiger partial charge in [0.15, 0.2) is 0 Å². The van der Waals surface area contributed by atoms with Crippen molar-refractivity contribution in [3.8, 4) is 0 Å². The molecule has 2 amide bonds. The van der Waals surface area contributed by atoms with Gasteiger partial charge in [0, 0.05) is 13.1 Å². The van der Waals surface area contributed by atoms with Crippen molar-refractivity contribution in [2.75, 3.05) is 19.7 Å². The number of nitrogens with zero attached hydrogens (tertiary/aromatic N) is 1. The molecule has 23 heavy (non-hydrogen) atoms. The molecule has 1 fully saturated rings. The molecular formula is C16H30N2O5. The van der Waals surface area contributed by atoms with Crippen LogP contribution in [0, 0.1) is 5.92 Å². The Bertz CT molecular complexity index is 425. The number of aliphatic hydroxyl groups is 1. The number of rotatable bonds is 3. The van der Waals surface area contributed by atoms with E-state index in [2.05, 4.69) is 5.32 Å². The number of carbonyl (C=O) groups is 2. The summed E-state index contributed by atoms with van der Waals surface area (Å²) in [5.41, 5.74) is -1.13. The van der Waals surface area contributed by atoms with Crippen molar-refractivity contribution >= 4 is 12.2 Å². The van der Waals surface area contributed by atoms with Crippen LogP contribution in [0.1, 0.15) is 48.0 Å². The topological polar surface area (TPSA) is 88.1 Å². The molecule has 2 atom stereocenters. The maximum Gasteiger partial charge on any atom is 0.410 e. The van der Waals surface area contributed by atoms with Crippen LogP contribution in [0.2, 0.25) is 0 Å². The summed E-state index contributed by atoms with van der Waals surface area (Å²) in [6.07, 6.45) is -0.295. The maximum atomic E-state index is 12.2. The molecule has 0 saturated carbocycles. The van der Waals surface area contributed by atoms with Gasteiger partial charge in [-0.05, 0) is 53.9 Å². The lowest BCUT2D eigenvalue weighted by Gasteiger charge is -2.27. The minimum Gasteiger partial charge on any atom is -0.444 e. The van der Waals surface area contributed by atoms with Crippen molar-refractivity contribution in [3.63, 3.8) is 0 Å². The lowest BCUT2D eigenvalue weighted by molar-refractivity contribution is 0.0172. The Morgan fingerprint density at radius 1 is 1.13 bits per heavy atom. The van der Waals surface area contributed by atoms with E-state index in [0.717, 1.165) is 0 Å². The van der Waals surface area contributed by atoms with Crippen LogP contribution in [0.4, 0.5) is 9.59 Å². The van der Waals surface area contributed by atoms with Crippen molar-refractivity contribution in [2.45, 2.75) is 65.2 Å². The highest BCUT2D eigenvalue weighted by Gasteiger charge is 2.37. The van der Waals surface area contributed by atoms with Crippen molar-refractivity contribution in [1.29, 1.82) is 0 Å². The van der Waals surface area contributed by atoms with Crippen LogP contribution in [-0.4, -0.2) is 59.1 Å². The minimum absolute atomic E-state index is 0.0622. The Morgan fingerprint density at radius 2 is 1.70 bits per heavy atom. The number of carbonyl (C=O) groups excluding carboxylic acids is 2. The molecule has 0 spiro atoms. The number of hydrogen-bond donors (Lipinski definition) is 2. The summed E-state index contributed by atoms with van der Waals surface area (Å²) in [4.78, 5) is 25.4. The highest BCUT2D eigenvalue weighted by molar-refractivity contribution is 5.69. The highest BCUT2D eigenvalue weighted by atomic mass is 16.6. The van der Waals surface area contributed by atoms with Gasteiger partial charge in [0.2, 0.25) is 0 Å². The second-order valence-corrected chi connectivity index (χ2v) is 7.95. The Hall–Kier alpha value is -1.50. The number of hydrogen-bond acceptors (Lipinski definition) is 5. The molecule has 1 aliphatic heterocycles. The average molecular weight is 330 g/mol. The number of amides is 2. The fourth-order valence-corrected chi connectivity index (χ4v) is 2.42. The molecule has 0 aromatic rings. The molecule has 0 radical (unpaired) electrons. The molecule has 1 heterocycles. The predicted molar refractivity (Wildman–Crippen MR) is 86.2 cm³/mol. The van der Waals surface area contributed by atoms with E-state index in [4.69, 9.17) is 9.47 Å². The van der Waals surface area contributed by atoms with Crippen molar-refractivity contribution in [2.24, 2.45) is 5.92 Å². The third kappa shape index (κ3) is 7.07. The summed E-state index contributed by atoms with van der Waals surface area (Å²) in [6.45, 7) is 11.5. The van der Waals surface area contributed by atoms with Gasteiger partial charge >= 0.3 is 12.2 Å². The van der Waals surface area contributed by atoms with E-state index in [1.54, 1.807) is 41.5 Å². The van der Waals surface area contributed by atoms with Crippen LogP contribution >= 0.6 is 0 Å². The molecule has 7 nitrogen and oxygen atoms in total. The van der Waals surface area contributed by atoms with Crippen LogP contribution in [0.5, 0.6) is 0 Å². The molecule has 7 heteroatoms. The smallest absolute Gasteiger partial charge is 0.410 e. The summed E-state index contributed by atoms with van der Waals surface area (Å²) in [6, 6.07) is -0.282. The summed E-state index contributed by atoms with van der Waals surface area (Å²) < 4.78 is 10.5. The minimum atomic E-state index is -0.579. The van der Waals surface area contributed by atoms with Gasteiger partial charge in [0.25, 0.3) is 0 Å². The molecule has 134 valence electrons. The molecular weight excluding hydrogens is 300 g/mol. The number of alkyl carbamates (subject to hydrolysis) is 1. The highest BCUT2D eigenvalue weighted by Crippen LogP contribution is 2.25. The Kier molecular flexibility index (Phi) is 6.27. The lowest BCUT2D eigenvalue weighted by Crippen LogP contribution is -2.41. The van der Waals surface area contributed by atoms with E-state index in [1.165, 1.54) is 4.90 Å². The number of ether oxygens (including phenoxy) is 2. The van der Waals surface area contributed by atoms with Crippen LogP contribution in [0.15, 0.2) is 0 Å². The molecule has 0 unspecified atom stereocenters. The van der Waals surface area contributed by atoms with Gasteiger partial charge in [0.1, 0.15) is 11.2 Å². The fourth-order valence-electron chi connectivity index (χ4n) is 2.42. The molecule has 2 N–H and O–H groups in total. The monoisotopic (exact) mass is 330 g/mol. The average Bonchev–Trinajstić information content (AvgIpc) is 2.75. The maximum absolute atomic E-state index is 12.2. The second-order valence-electron chi connectivity index (χ2n) is 7.95. The normalized spacial score (nSPS) is 22.0. The zero-order chi connectivity index (χ0) is 17.8. The SMILES string of the molecule is CC(C)(C)OC(=O)NC[C@H]1C[C@H](CO)N(C(=O)OC(C)(C)C)C1. The lowest BCUT2D eigenvalue weighted by atomic mass is 10.1. The Labute approximate surface area is 138 Å². The van der Waals surface area contributed by atoms with Gasteiger partial charge in [0.05, 0.1) is 12.6 Å². The first-order valence-corrected chi connectivity index (χ1v) is 7.98. The van der Waals surface area contributed by atoms with Gasteiger partial charge in [-0.2, -0.15) is 0 Å². The van der Waals surface area contributed by atoms with Crippen LogP contribution in [0.3, 0.4) is 0 Å². The standard InChI is InChI=1S/C16H30N2O5/c1-15(2,3)22-13(20)17-8-11-7-12(10-19)18(9-11)14(21)23-16(4,5)6/h11-12,19H,7-10H2,1-6H3,(H,17,20)/t11-,12-/m1/s1. The zero-order valence-electron chi connectivity index (χ0n) is 15.0. The van der Waals surface area contributed by atoms with E-state index in [-0.39, 0.29) is 18.6 Å². The van der Waals surface area contributed by atoms with Crippen LogP contribution < -0.4 is 5.32 Å². The number of aliphatic hydroxyl groups excluding tert-OH is 1. The van der Waals surface area contributed by atoms with Gasteiger partial charge in [-0.1, -0.05) is 0 Å². The number of nitrogens with one attached hydrogen (secondary N) is 1. The molecule has 1 rings (SSSR count). The summed E-state index contributed by atoms with van der Waals surface area (Å²) in [7, 11) is 0. The second kappa shape index (κ2) is 7.38. The zero-order valence-corrected chi connectivity index (χ0v) is 15.0. The van der Waals surface area contributed by atoms with E-state index < -0.39 is 23.4 Å². The van der Waals surface area contributed by atoms with Crippen molar-refractivity contribution in [1.82, 2.24) is 10.2 Å². The summed E-state index contributed by atoms with van der Waals surface area (Å²) in [5.74, 6) is 0.0622. The summed E-state index contributed by atoms with van der Waals surface area (Å²) in [5, 5.41) is 12.2. The van der Waals surface area contributed by atoms with E-state index in [1.807, 2.05) is 0 Å².